The van der Waals surface area contributed by atoms with Gasteiger partial charge < -0.3 is 14.8 Å². The van der Waals surface area contributed by atoms with E-state index in [-0.39, 0.29) is 5.91 Å². The number of carbonyl (C=O) groups is 2. The van der Waals surface area contributed by atoms with Gasteiger partial charge in [0, 0.05) is 11.0 Å². The third-order valence-corrected chi connectivity index (χ3v) is 6.04. The standard InChI is InChI=1S/C28H32BrNO2.C2H4O2/c1-2-3-4-5-9-20-32-27-17-16-25(29)21-26(27)28(31)30-19-18-22-12-14-24(15-13-22)23-10-7-6-8-11-23;1-4-2-3/h6-8,10-17,21H,2-5,9,18-20H2,1H3,(H,30,31);2H,1H3. The molecule has 0 saturated heterocycles. The van der Waals surface area contributed by atoms with E-state index in [9.17, 15) is 4.79 Å². The molecule has 0 spiro atoms. The molecule has 5 nitrogen and oxygen atoms in total. The molecule has 1 amide bonds. The van der Waals surface area contributed by atoms with Gasteiger partial charge in [-0.1, -0.05) is 103 Å². The zero-order valence-corrected chi connectivity index (χ0v) is 22.8. The number of hydrogen-bond acceptors (Lipinski definition) is 4. The first-order valence-electron chi connectivity index (χ1n) is 12.4. The summed E-state index contributed by atoms with van der Waals surface area (Å²) in [7, 11) is 1.31. The molecule has 0 bridgehead atoms. The summed E-state index contributed by atoms with van der Waals surface area (Å²) in [6, 6.07) is 24.5. The highest BCUT2D eigenvalue weighted by Gasteiger charge is 2.13. The summed E-state index contributed by atoms with van der Waals surface area (Å²) < 4.78 is 10.7. The maximum atomic E-state index is 12.8. The van der Waals surface area contributed by atoms with Crippen molar-refractivity contribution < 1.29 is 19.1 Å². The molecule has 0 aliphatic rings. The third-order valence-electron chi connectivity index (χ3n) is 5.55. The Morgan fingerprint density at radius 2 is 1.58 bits per heavy atom. The molecule has 1 N–H and O–H groups in total. The minimum absolute atomic E-state index is 0.104. The molecule has 0 radical (unpaired) electrons. The number of rotatable bonds is 13. The number of unbranched alkanes of at least 4 members (excludes halogenated alkanes) is 4. The van der Waals surface area contributed by atoms with Crippen LogP contribution in [0.25, 0.3) is 11.1 Å². The number of amides is 1. The first kappa shape index (κ1) is 29.1. The van der Waals surface area contributed by atoms with Gasteiger partial charge in [-0.05, 0) is 47.7 Å². The Bertz CT molecular complexity index is 1040. The van der Waals surface area contributed by atoms with Crippen LogP contribution >= 0.6 is 15.9 Å². The lowest BCUT2D eigenvalue weighted by Gasteiger charge is -2.12. The van der Waals surface area contributed by atoms with Crippen molar-refractivity contribution in [3.63, 3.8) is 0 Å². The minimum atomic E-state index is -0.104. The number of benzene rings is 3. The van der Waals surface area contributed by atoms with Gasteiger partial charge >= 0.3 is 0 Å². The lowest BCUT2D eigenvalue weighted by molar-refractivity contribution is -0.126. The van der Waals surface area contributed by atoms with Crippen LogP contribution < -0.4 is 10.1 Å². The zero-order chi connectivity index (χ0) is 26.0. The van der Waals surface area contributed by atoms with Gasteiger partial charge in [-0.3, -0.25) is 9.59 Å². The first-order valence-corrected chi connectivity index (χ1v) is 13.2. The number of ether oxygens (including phenoxy) is 2. The molecular weight excluding hydrogens is 518 g/mol. The van der Waals surface area contributed by atoms with Crippen LogP contribution in [0.5, 0.6) is 5.75 Å². The van der Waals surface area contributed by atoms with Gasteiger partial charge in [0.2, 0.25) is 0 Å². The summed E-state index contributed by atoms with van der Waals surface area (Å²) in [6.45, 7) is 3.80. The molecule has 0 aliphatic heterocycles. The number of carbonyl (C=O) groups excluding carboxylic acids is 2. The molecule has 0 unspecified atom stereocenters. The minimum Gasteiger partial charge on any atom is -0.493 e. The maximum Gasteiger partial charge on any atom is 0.292 e. The topological polar surface area (TPSA) is 64.6 Å². The highest BCUT2D eigenvalue weighted by molar-refractivity contribution is 9.10. The van der Waals surface area contributed by atoms with Crippen LogP contribution in [0.2, 0.25) is 0 Å². The van der Waals surface area contributed by atoms with Crippen molar-refractivity contribution >= 4 is 28.3 Å². The average Bonchev–Trinajstić information content (AvgIpc) is 2.92. The summed E-state index contributed by atoms with van der Waals surface area (Å²) in [6.07, 6.45) is 6.68. The summed E-state index contributed by atoms with van der Waals surface area (Å²) in [4.78, 5) is 21.8. The Balaban J connectivity index is 0.00000106. The molecular formula is C30H36BrNO4. The van der Waals surface area contributed by atoms with Gasteiger partial charge in [0.1, 0.15) is 5.75 Å². The van der Waals surface area contributed by atoms with E-state index in [1.807, 2.05) is 36.4 Å². The van der Waals surface area contributed by atoms with Gasteiger partial charge in [-0.2, -0.15) is 0 Å². The molecule has 0 aliphatic carbocycles. The molecule has 0 atom stereocenters. The van der Waals surface area contributed by atoms with Crippen LogP contribution in [0.1, 0.15) is 54.9 Å². The van der Waals surface area contributed by atoms with E-state index in [1.165, 1.54) is 43.1 Å². The predicted octanol–water partition coefficient (Wildman–Crippen LogP) is 7.23. The Hall–Kier alpha value is -3.12. The Morgan fingerprint density at radius 3 is 2.25 bits per heavy atom. The maximum absolute atomic E-state index is 12.8. The van der Waals surface area contributed by atoms with Crippen LogP contribution in [0.15, 0.2) is 77.3 Å². The van der Waals surface area contributed by atoms with Crippen molar-refractivity contribution in [2.24, 2.45) is 0 Å². The van der Waals surface area contributed by atoms with E-state index in [4.69, 9.17) is 9.53 Å². The first-order chi connectivity index (χ1) is 17.6. The highest BCUT2D eigenvalue weighted by Crippen LogP contribution is 2.24. The molecule has 0 fully saturated rings. The highest BCUT2D eigenvalue weighted by atomic mass is 79.9. The van der Waals surface area contributed by atoms with Crippen molar-refractivity contribution in [3.05, 3.63) is 88.4 Å². The van der Waals surface area contributed by atoms with E-state index in [0.717, 1.165) is 23.7 Å². The molecule has 0 heterocycles. The second-order valence-electron chi connectivity index (χ2n) is 8.30. The lowest BCUT2D eigenvalue weighted by atomic mass is 10.0. The SMILES string of the molecule is CCCCCCCOc1ccc(Br)cc1C(=O)NCCc1ccc(-c2ccccc2)cc1.COC=O. The Morgan fingerprint density at radius 1 is 0.917 bits per heavy atom. The van der Waals surface area contributed by atoms with E-state index in [0.29, 0.717) is 30.9 Å². The molecule has 6 heteroatoms. The second-order valence-corrected chi connectivity index (χ2v) is 9.22. The van der Waals surface area contributed by atoms with Gasteiger partial charge in [0.15, 0.2) is 0 Å². The fraction of sp³-hybridized carbons (Fsp3) is 0.333. The number of nitrogens with one attached hydrogen (secondary N) is 1. The second kappa shape index (κ2) is 17.3. The average molecular weight is 555 g/mol. The van der Waals surface area contributed by atoms with Crippen molar-refractivity contribution in [2.45, 2.75) is 45.4 Å². The van der Waals surface area contributed by atoms with Crippen LogP contribution in [0, 0.1) is 0 Å². The molecule has 36 heavy (non-hydrogen) atoms. The lowest BCUT2D eigenvalue weighted by Crippen LogP contribution is -2.26. The molecule has 3 rings (SSSR count). The van der Waals surface area contributed by atoms with E-state index >= 15 is 0 Å². The molecule has 3 aromatic carbocycles. The smallest absolute Gasteiger partial charge is 0.292 e. The van der Waals surface area contributed by atoms with E-state index < -0.39 is 0 Å². The fourth-order valence-corrected chi connectivity index (χ4v) is 3.96. The zero-order valence-electron chi connectivity index (χ0n) is 21.2. The molecule has 192 valence electrons. The summed E-state index contributed by atoms with van der Waals surface area (Å²) in [5, 5.41) is 3.04. The Kier molecular flexibility index (Phi) is 14.0. The van der Waals surface area contributed by atoms with Gasteiger partial charge in [0.05, 0.1) is 19.3 Å². The van der Waals surface area contributed by atoms with Gasteiger partial charge in [-0.15, -0.1) is 0 Å². The molecule has 3 aromatic rings. The fourth-order valence-electron chi connectivity index (χ4n) is 3.60. The van der Waals surface area contributed by atoms with Crippen LogP contribution in [-0.2, 0) is 16.0 Å². The summed E-state index contributed by atoms with van der Waals surface area (Å²) in [5.74, 6) is 0.543. The normalized spacial score (nSPS) is 10.1. The monoisotopic (exact) mass is 553 g/mol. The number of halogens is 1. The van der Waals surface area contributed by atoms with Crippen molar-refractivity contribution in [2.75, 3.05) is 20.3 Å². The van der Waals surface area contributed by atoms with Crippen molar-refractivity contribution in [1.82, 2.24) is 5.32 Å². The summed E-state index contributed by atoms with van der Waals surface area (Å²) in [5.41, 5.74) is 4.18. The Labute approximate surface area is 223 Å². The number of methoxy groups -OCH3 is 1. The van der Waals surface area contributed by atoms with Gasteiger partial charge in [0.25, 0.3) is 12.4 Å². The van der Waals surface area contributed by atoms with Crippen molar-refractivity contribution in [1.29, 1.82) is 0 Å². The van der Waals surface area contributed by atoms with E-state index in [2.05, 4.69) is 69.3 Å². The van der Waals surface area contributed by atoms with Crippen LogP contribution in [-0.4, -0.2) is 32.6 Å². The van der Waals surface area contributed by atoms with E-state index in [1.54, 1.807) is 0 Å². The van der Waals surface area contributed by atoms with Gasteiger partial charge in [-0.25, -0.2) is 0 Å². The quantitative estimate of drug-likeness (QED) is 0.179. The number of hydrogen-bond donors (Lipinski definition) is 1. The van der Waals surface area contributed by atoms with Crippen molar-refractivity contribution in [3.8, 4) is 16.9 Å². The molecule has 0 aromatic heterocycles. The summed E-state index contributed by atoms with van der Waals surface area (Å²) >= 11 is 3.47. The third kappa shape index (κ3) is 10.6. The molecule has 0 saturated carbocycles. The largest absolute Gasteiger partial charge is 0.493 e. The van der Waals surface area contributed by atoms with Crippen LogP contribution in [0.3, 0.4) is 0 Å². The van der Waals surface area contributed by atoms with Crippen LogP contribution in [0.4, 0.5) is 0 Å². The predicted molar refractivity (Wildman–Crippen MR) is 149 cm³/mol.